The first-order valence-electron chi connectivity index (χ1n) is 6.95. The molecule has 22 heavy (non-hydrogen) atoms. The number of ether oxygens (including phenoxy) is 2. The summed E-state index contributed by atoms with van der Waals surface area (Å²) in [6.45, 7) is 2.44. The third-order valence-corrected chi connectivity index (χ3v) is 3.93. The number of hydrogen-bond acceptors (Lipinski definition) is 4. The number of hydrogen-bond donors (Lipinski definition) is 0. The second-order valence-electron chi connectivity index (χ2n) is 4.60. The van der Waals surface area contributed by atoms with Gasteiger partial charge in [-0.2, -0.15) is 0 Å². The number of benzene rings is 1. The lowest BCUT2D eigenvalue weighted by Gasteiger charge is -2.07. The fourth-order valence-corrected chi connectivity index (χ4v) is 2.16. The maximum absolute atomic E-state index is 11.7. The molecule has 0 aromatic heterocycles. The minimum Gasteiger partial charge on any atom is -0.466 e. The molecule has 0 atom stereocenters. The fourth-order valence-electron chi connectivity index (χ4n) is 1.59. The monoisotopic (exact) mass is 366 g/mol. The highest BCUT2D eigenvalue weighted by Crippen LogP contribution is 2.34. The summed E-state index contributed by atoms with van der Waals surface area (Å²) < 4.78 is 10.0. The van der Waals surface area contributed by atoms with Crippen molar-refractivity contribution in [2.45, 2.75) is 39.0 Å². The Morgan fingerprint density at radius 2 is 1.59 bits per heavy atom. The Balaban J connectivity index is 2.36. The van der Waals surface area contributed by atoms with E-state index in [4.69, 9.17) is 44.3 Å². The summed E-state index contributed by atoms with van der Waals surface area (Å²) in [5.41, 5.74) is 0. The lowest BCUT2D eigenvalue weighted by atomic mass is 10.3. The van der Waals surface area contributed by atoms with E-state index in [0.29, 0.717) is 6.61 Å². The Hall–Kier alpha value is -0.970. The Labute approximate surface area is 144 Å². The molecule has 0 saturated heterocycles. The standard InChI is InChI=1S/C15H17Cl3O4/c1-2-3-4-7-21-13(19)5-6-14(20)22-10-8-11(16)15(18)12(17)9-10/h8-9H,2-7H2,1H3. The smallest absolute Gasteiger partial charge is 0.311 e. The molecular formula is C15H17Cl3O4. The van der Waals surface area contributed by atoms with Crippen LogP contribution in [0.4, 0.5) is 0 Å². The van der Waals surface area contributed by atoms with E-state index in [1.807, 2.05) is 0 Å². The molecule has 0 aliphatic heterocycles. The van der Waals surface area contributed by atoms with E-state index in [1.54, 1.807) is 0 Å². The predicted octanol–water partition coefficient (Wildman–Crippen LogP) is 5.07. The minimum atomic E-state index is -0.569. The van der Waals surface area contributed by atoms with Gasteiger partial charge in [-0.15, -0.1) is 0 Å². The van der Waals surface area contributed by atoms with Crippen LogP contribution in [0, 0.1) is 0 Å². The van der Waals surface area contributed by atoms with Gasteiger partial charge >= 0.3 is 11.9 Å². The van der Waals surface area contributed by atoms with Gasteiger partial charge in [0.05, 0.1) is 34.5 Å². The van der Waals surface area contributed by atoms with Crippen molar-refractivity contribution < 1.29 is 19.1 Å². The van der Waals surface area contributed by atoms with Crippen LogP contribution in [-0.2, 0) is 14.3 Å². The lowest BCUT2D eigenvalue weighted by Crippen LogP contribution is -2.12. The highest BCUT2D eigenvalue weighted by Gasteiger charge is 2.12. The number of carbonyl (C=O) groups is 2. The van der Waals surface area contributed by atoms with Crippen molar-refractivity contribution in [3.8, 4) is 5.75 Å². The molecule has 0 N–H and O–H groups in total. The first-order valence-corrected chi connectivity index (χ1v) is 8.08. The zero-order valence-electron chi connectivity index (χ0n) is 12.2. The van der Waals surface area contributed by atoms with E-state index in [1.165, 1.54) is 12.1 Å². The largest absolute Gasteiger partial charge is 0.466 e. The molecule has 0 bridgehead atoms. The fraction of sp³-hybridized carbons (Fsp3) is 0.467. The third kappa shape index (κ3) is 6.86. The topological polar surface area (TPSA) is 52.6 Å². The van der Waals surface area contributed by atoms with Gasteiger partial charge in [0.25, 0.3) is 0 Å². The van der Waals surface area contributed by atoms with Crippen molar-refractivity contribution in [1.29, 1.82) is 0 Å². The SMILES string of the molecule is CCCCCOC(=O)CCC(=O)Oc1cc(Cl)c(Cl)c(Cl)c1. The third-order valence-electron chi connectivity index (χ3n) is 2.73. The van der Waals surface area contributed by atoms with Crippen LogP contribution in [0.5, 0.6) is 5.75 Å². The molecule has 7 heteroatoms. The van der Waals surface area contributed by atoms with Gasteiger partial charge in [-0.3, -0.25) is 9.59 Å². The highest BCUT2D eigenvalue weighted by molar-refractivity contribution is 6.48. The van der Waals surface area contributed by atoms with Gasteiger partial charge in [-0.1, -0.05) is 54.6 Å². The predicted molar refractivity (Wildman–Crippen MR) is 86.8 cm³/mol. The van der Waals surface area contributed by atoms with Gasteiger partial charge in [0, 0.05) is 12.1 Å². The van der Waals surface area contributed by atoms with Crippen molar-refractivity contribution in [3.05, 3.63) is 27.2 Å². The summed E-state index contributed by atoms with van der Waals surface area (Å²) in [5, 5.41) is 0.568. The summed E-state index contributed by atoms with van der Waals surface area (Å²) in [4.78, 5) is 23.1. The van der Waals surface area contributed by atoms with Crippen LogP contribution in [0.2, 0.25) is 15.1 Å². The molecule has 0 amide bonds. The second kappa shape index (κ2) is 9.93. The highest BCUT2D eigenvalue weighted by atomic mass is 35.5. The maximum Gasteiger partial charge on any atom is 0.311 e. The van der Waals surface area contributed by atoms with Crippen molar-refractivity contribution in [1.82, 2.24) is 0 Å². The molecule has 0 aliphatic rings. The van der Waals surface area contributed by atoms with E-state index < -0.39 is 11.9 Å². The number of carbonyl (C=O) groups excluding carboxylic acids is 2. The van der Waals surface area contributed by atoms with Crippen LogP contribution in [-0.4, -0.2) is 18.5 Å². The van der Waals surface area contributed by atoms with Gasteiger partial charge in [0.15, 0.2) is 0 Å². The zero-order valence-corrected chi connectivity index (χ0v) is 14.4. The van der Waals surface area contributed by atoms with Crippen molar-refractivity contribution in [3.63, 3.8) is 0 Å². The minimum absolute atomic E-state index is 0.0278. The van der Waals surface area contributed by atoms with E-state index in [0.717, 1.165) is 19.3 Å². The van der Waals surface area contributed by atoms with Crippen molar-refractivity contribution >= 4 is 46.7 Å². The maximum atomic E-state index is 11.7. The number of halogens is 3. The average molecular weight is 368 g/mol. The number of rotatable bonds is 8. The van der Waals surface area contributed by atoms with E-state index >= 15 is 0 Å². The molecule has 0 radical (unpaired) electrons. The number of esters is 2. The van der Waals surface area contributed by atoms with Gasteiger partial charge in [-0.05, 0) is 6.42 Å². The molecule has 0 heterocycles. The first kappa shape index (κ1) is 19.1. The summed E-state index contributed by atoms with van der Waals surface area (Å²) >= 11 is 17.5. The van der Waals surface area contributed by atoms with Crippen LogP contribution >= 0.6 is 34.8 Å². The summed E-state index contributed by atoms with van der Waals surface area (Å²) in [6.07, 6.45) is 2.78. The van der Waals surface area contributed by atoms with Gasteiger partial charge in [-0.25, -0.2) is 0 Å². The van der Waals surface area contributed by atoms with Crippen LogP contribution in [0.1, 0.15) is 39.0 Å². The molecule has 0 aliphatic carbocycles. The zero-order chi connectivity index (χ0) is 16.5. The molecule has 0 fully saturated rings. The summed E-state index contributed by atoms with van der Waals surface area (Å²) in [7, 11) is 0. The Morgan fingerprint density at radius 3 is 2.18 bits per heavy atom. The quantitative estimate of drug-likeness (QED) is 0.279. The lowest BCUT2D eigenvalue weighted by molar-refractivity contribution is -0.147. The van der Waals surface area contributed by atoms with E-state index in [-0.39, 0.29) is 33.7 Å². The molecule has 0 spiro atoms. The van der Waals surface area contributed by atoms with Crippen molar-refractivity contribution in [2.24, 2.45) is 0 Å². The molecule has 4 nitrogen and oxygen atoms in total. The molecule has 0 unspecified atom stereocenters. The van der Waals surface area contributed by atoms with E-state index in [9.17, 15) is 9.59 Å². The van der Waals surface area contributed by atoms with Gasteiger partial charge in [0.1, 0.15) is 5.75 Å². The molecular weight excluding hydrogens is 351 g/mol. The Kier molecular flexibility index (Phi) is 8.61. The van der Waals surface area contributed by atoms with Crippen LogP contribution < -0.4 is 4.74 Å². The Morgan fingerprint density at radius 1 is 1.00 bits per heavy atom. The van der Waals surface area contributed by atoms with E-state index in [2.05, 4.69) is 6.92 Å². The average Bonchev–Trinajstić information content (AvgIpc) is 2.47. The molecule has 1 rings (SSSR count). The first-order chi connectivity index (χ1) is 10.4. The molecule has 1 aromatic carbocycles. The summed E-state index contributed by atoms with van der Waals surface area (Å²) in [5.74, 6) is -0.805. The van der Waals surface area contributed by atoms with Crippen molar-refractivity contribution in [2.75, 3.05) is 6.61 Å². The van der Waals surface area contributed by atoms with Crippen LogP contribution in [0.25, 0.3) is 0 Å². The van der Waals surface area contributed by atoms with Gasteiger partial charge < -0.3 is 9.47 Å². The molecule has 0 saturated carbocycles. The molecule has 1 aromatic rings. The Bertz CT molecular complexity index is 509. The normalized spacial score (nSPS) is 10.4. The van der Waals surface area contributed by atoms with Crippen LogP contribution in [0.15, 0.2) is 12.1 Å². The number of unbranched alkanes of at least 4 members (excludes halogenated alkanes) is 2. The molecule has 122 valence electrons. The second-order valence-corrected chi connectivity index (χ2v) is 5.79. The van der Waals surface area contributed by atoms with Crippen LogP contribution in [0.3, 0.4) is 0 Å². The summed E-state index contributed by atoms with van der Waals surface area (Å²) in [6, 6.07) is 2.77. The van der Waals surface area contributed by atoms with Gasteiger partial charge in [0.2, 0.25) is 0 Å².